The second kappa shape index (κ2) is 28.4. The molecule has 2 atom stereocenters. The van der Waals surface area contributed by atoms with Crippen LogP contribution in [0.25, 0.3) is 0 Å². The quantitative estimate of drug-likeness (QED) is 0.0770. The number of nitrogens with one attached hydrogen (secondary N) is 1. The molecule has 0 aliphatic carbocycles. The summed E-state index contributed by atoms with van der Waals surface area (Å²) in [6.45, 7) is 4.23. The molecule has 0 aromatic rings. The molecule has 4 nitrogen and oxygen atoms in total. The molecule has 36 heavy (non-hydrogen) atoms. The van der Waals surface area contributed by atoms with E-state index in [4.69, 9.17) is 0 Å². The van der Waals surface area contributed by atoms with Crippen molar-refractivity contribution in [3.05, 3.63) is 24.3 Å². The molecule has 0 spiro atoms. The molecule has 0 saturated heterocycles. The molecular formula is C32H61NO3. The third-order valence-electron chi connectivity index (χ3n) is 6.94. The number of hydrogen-bond donors (Lipinski definition) is 3. The van der Waals surface area contributed by atoms with Gasteiger partial charge in [-0.05, 0) is 32.1 Å². The fourth-order valence-corrected chi connectivity index (χ4v) is 4.48. The average molecular weight is 508 g/mol. The van der Waals surface area contributed by atoms with Gasteiger partial charge in [0.25, 0.3) is 0 Å². The van der Waals surface area contributed by atoms with Gasteiger partial charge in [-0.25, -0.2) is 0 Å². The first-order valence-electron chi connectivity index (χ1n) is 15.6. The molecule has 0 rings (SSSR count). The van der Waals surface area contributed by atoms with E-state index < -0.39 is 12.1 Å². The smallest absolute Gasteiger partial charge is 0.220 e. The summed E-state index contributed by atoms with van der Waals surface area (Å²) in [5, 5.41) is 22.6. The lowest BCUT2D eigenvalue weighted by Gasteiger charge is -2.19. The van der Waals surface area contributed by atoms with E-state index in [1.165, 1.54) is 103 Å². The van der Waals surface area contributed by atoms with Crippen LogP contribution in [-0.4, -0.2) is 34.9 Å². The van der Waals surface area contributed by atoms with Crippen LogP contribution in [0.2, 0.25) is 0 Å². The van der Waals surface area contributed by atoms with Crippen LogP contribution in [0.3, 0.4) is 0 Å². The Kier molecular flexibility index (Phi) is 27.5. The molecule has 1 amide bonds. The van der Waals surface area contributed by atoms with Gasteiger partial charge >= 0.3 is 0 Å². The molecule has 0 unspecified atom stereocenters. The van der Waals surface area contributed by atoms with E-state index in [1.807, 2.05) is 6.08 Å². The Bertz CT molecular complexity index is 518. The van der Waals surface area contributed by atoms with Crippen molar-refractivity contribution in [1.29, 1.82) is 0 Å². The van der Waals surface area contributed by atoms with Crippen molar-refractivity contribution < 1.29 is 15.0 Å². The number of hydrogen-bond acceptors (Lipinski definition) is 3. The van der Waals surface area contributed by atoms with Gasteiger partial charge < -0.3 is 15.5 Å². The van der Waals surface area contributed by atoms with Crippen molar-refractivity contribution in [3.63, 3.8) is 0 Å². The maximum Gasteiger partial charge on any atom is 0.220 e. The van der Waals surface area contributed by atoms with Gasteiger partial charge in [0, 0.05) is 6.42 Å². The van der Waals surface area contributed by atoms with E-state index in [1.54, 1.807) is 6.08 Å². The van der Waals surface area contributed by atoms with Crippen molar-refractivity contribution in [2.75, 3.05) is 6.61 Å². The maximum atomic E-state index is 12.2. The molecule has 0 bridgehead atoms. The molecule has 0 fully saturated rings. The van der Waals surface area contributed by atoms with Crippen LogP contribution in [0.15, 0.2) is 24.3 Å². The van der Waals surface area contributed by atoms with Crippen LogP contribution >= 0.6 is 0 Å². The first-order valence-corrected chi connectivity index (χ1v) is 15.6. The van der Waals surface area contributed by atoms with E-state index in [2.05, 4.69) is 31.3 Å². The Balaban J connectivity index is 3.65. The molecular weight excluding hydrogens is 446 g/mol. The van der Waals surface area contributed by atoms with E-state index in [0.717, 1.165) is 32.1 Å². The van der Waals surface area contributed by atoms with E-state index in [0.29, 0.717) is 6.42 Å². The third kappa shape index (κ3) is 24.6. The number of aliphatic hydroxyl groups excluding tert-OH is 2. The summed E-state index contributed by atoms with van der Waals surface area (Å²) in [7, 11) is 0. The summed E-state index contributed by atoms with van der Waals surface area (Å²) in [5.41, 5.74) is 0. The third-order valence-corrected chi connectivity index (χ3v) is 6.94. The molecule has 4 heteroatoms. The molecule has 0 radical (unpaired) electrons. The van der Waals surface area contributed by atoms with Crippen LogP contribution in [0.4, 0.5) is 0 Å². The molecule has 0 aliphatic heterocycles. The average Bonchev–Trinajstić information content (AvgIpc) is 2.88. The Morgan fingerprint density at radius 3 is 1.61 bits per heavy atom. The molecule has 0 saturated carbocycles. The number of unbranched alkanes of at least 4 members (excludes halogenated alkanes) is 18. The Morgan fingerprint density at radius 1 is 0.639 bits per heavy atom. The van der Waals surface area contributed by atoms with Crippen LogP contribution in [-0.2, 0) is 4.79 Å². The summed E-state index contributed by atoms with van der Waals surface area (Å²) < 4.78 is 0. The SMILES string of the molecule is CCCCC/C=C/CC/C=C/[C@@H](O)[C@H](CO)NC(=O)CCCCCCCCCCCCCCCCC. The number of carbonyl (C=O) groups excluding carboxylic acids is 1. The van der Waals surface area contributed by atoms with Crippen molar-refractivity contribution in [1.82, 2.24) is 5.32 Å². The fourth-order valence-electron chi connectivity index (χ4n) is 4.48. The second-order valence-electron chi connectivity index (χ2n) is 10.5. The molecule has 0 heterocycles. The predicted octanol–water partition coefficient (Wildman–Crippen LogP) is 8.56. The van der Waals surface area contributed by atoms with Gasteiger partial charge in [0.15, 0.2) is 0 Å². The fraction of sp³-hybridized carbons (Fsp3) is 0.844. The number of rotatable bonds is 27. The van der Waals surface area contributed by atoms with Gasteiger partial charge in [0.05, 0.1) is 18.8 Å². The summed E-state index contributed by atoms with van der Waals surface area (Å²) >= 11 is 0. The Hall–Kier alpha value is -1.13. The summed E-state index contributed by atoms with van der Waals surface area (Å²) in [6.07, 6.45) is 34.0. The highest BCUT2D eigenvalue weighted by atomic mass is 16.3. The largest absolute Gasteiger partial charge is 0.394 e. The van der Waals surface area contributed by atoms with Crippen LogP contribution in [0.5, 0.6) is 0 Å². The second-order valence-corrected chi connectivity index (χ2v) is 10.5. The number of carbonyl (C=O) groups is 1. The molecule has 0 aromatic carbocycles. The zero-order chi connectivity index (χ0) is 26.5. The zero-order valence-electron chi connectivity index (χ0n) is 24.0. The zero-order valence-corrected chi connectivity index (χ0v) is 24.0. The minimum absolute atomic E-state index is 0.0776. The van der Waals surface area contributed by atoms with Crippen molar-refractivity contribution >= 4 is 5.91 Å². The number of amides is 1. The minimum atomic E-state index is -0.853. The first kappa shape index (κ1) is 34.9. The van der Waals surface area contributed by atoms with E-state index in [-0.39, 0.29) is 12.5 Å². The highest BCUT2D eigenvalue weighted by molar-refractivity contribution is 5.76. The van der Waals surface area contributed by atoms with Crippen LogP contribution in [0, 0.1) is 0 Å². The highest BCUT2D eigenvalue weighted by Gasteiger charge is 2.17. The van der Waals surface area contributed by atoms with E-state index >= 15 is 0 Å². The predicted molar refractivity (Wildman–Crippen MR) is 156 cm³/mol. The Morgan fingerprint density at radius 2 is 1.08 bits per heavy atom. The lowest BCUT2D eigenvalue weighted by Crippen LogP contribution is -2.45. The lowest BCUT2D eigenvalue weighted by molar-refractivity contribution is -0.123. The monoisotopic (exact) mass is 507 g/mol. The normalized spacial score (nSPS) is 13.6. The molecule has 0 aliphatic rings. The maximum absolute atomic E-state index is 12.2. The summed E-state index contributed by atoms with van der Waals surface area (Å²) in [5.74, 6) is -0.0776. The molecule has 3 N–H and O–H groups in total. The van der Waals surface area contributed by atoms with Gasteiger partial charge in [0.1, 0.15) is 0 Å². The summed E-state index contributed by atoms with van der Waals surface area (Å²) in [4.78, 5) is 12.2. The van der Waals surface area contributed by atoms with Crippen molar-refractivity contribution in [2.24, 2.45) is 0 Å². The summed E-state index contributed by atoms with van der Waals surface area (Å²) in [6, 6.07) is -0.630. The number of aliphatic hydroxyl groups is 2. The van der Waals surface area contributed by atoms with Gasteiger partial charge in [0.2, 0.25) is 5.91 Å². The van der Waals surface area contributed by atoms with Gasteiger partial charge in [-0.15, -0.1) is 0 Å². The first-order chi connectivity index (χ1) is 17.7. The molecule has 0 aromatic heterocycles. The van der Waals surface area contributed by atoms with Gasteiger partial charge in [-0.2, -0.15) is 0 Å². The Labute approximate surface area is 224 Å². The highest BCUT2D eigenvalue weighted by Crippen LogP contribution is 2.14. The molecule has 212 valence electrons. The lowest BCUT2D eigenvalue weighted by atomic mass is 10.0. The standard InChI is InChI=1S/C32H61NO3/c1-3-5-7-9-11-13-14-15-16-17-18-20-22-24-26-28-32(36)33-30(29-34)31(35)27-25-23-21-19-12-10-8-6-4-2/h12,19,25,27,30-31,34-35H,3-11,13-18,20-24,26,28-29H2,1-2H3,(H,33,36)/b19-12+,27-25+/t30-,31+/m0/s1. The van der Waals surface area contributed by atoms with E-state index in [9.17, 15) is 15.0 Å². The van der Waals surface area contributed by atoms with Crippen LogP contribution < -0.4 is 5.32 Å². The van der Waals surface area contributed by atoms with Gasteiger partial charge in [-0.3, -0.25) is 4.79 Å². The van der Waals surface area contributed by atoms with Crippen molar-refractivity contribution in [2.45, 2.75) is 167 Å². The topological polar surface area (TPSA) is 69.6 Å². The number of allylic oxidation sites excluding steroid dienone is 3. The van der Waals surface area contributed by atoms with Crippen LogP contribution in [0.1, 0.15) is 155 Å². The minimum Gasteiger partial charge on any atom is -0.394 e. The van der Waals surface area contributed by atoms with Gasteiger partial charge in [-0.1, -0.05) is 141 Å². The van der Waals surface area contributed by atoms with Crippen molar-refractivity contribution in [3.8, 4) is 0 Å².